The van der Waals surface area contributed by atoms with E-state index in [9.17, 15) is 13.2 Å². The molecule has 0 unspecified atom stereocenters. The lowest BCUT2D eigenvalue weighted by molar-refractivity contribution is -0.116. The number of anilines is 1. The Morgan fingerprint density at radius 2 is 2.17 bits per heavy atom. The second-order valence-corrected chi connectivity index (χ2v) is 5.76. The van der Waals surface area contributed by atoms with E-state index in [1.165, 1.54) is 18.3 Å². The van der Waals surface area contributed by atoms with Gasteiger partial charge in [0.05, 0.1) is 11.9 Å². The Kier molecular flexibility index (Phi) is 5.24. The molecule has 1 rings (SSSR count). The molecule has 100 valence electrons. The molecule has 0 saturated carbocycles. The summed E-state index contributed by atoms with van der Waals surface area (Å²) < 4.78 is 27.2. The van der Waals surface area contributed by atoms with Crippen LogP contribution in [0, 0.1) is 0 Å². The lowest BCUT2D eigenvalue weighted by Gasteiger charge is -2.05. The Morgan fingerprint density at radius 1 is 1.44 bits per heavy atom. The van der Waals surface area contributed by atoms with Crippen molar-refractivity contribution in [2.45, 2.75) is 17.9 Å². The maximum absolute atomic E-state index is 11.5. The first-order valence-electron chi connectivity index (χ1n) is 5.38. The third-order valence-corrected chi connectivity index (χ3v) is 3.15. The molecule has 1 heterocycles. The predicted octanol–water partition coefficient (Wildman–Crippen LogP) is 0.850. The normalized spacial score (nSPS) is 11.2. The Balaban J connectivity index is 2.56. The number of aromatic nitrogens is 1. The zero-order valence-corrected chi connectivity index (χ0v) is 11.2. The first kappa shape index (κ1) is 14.6. The van der Waals surface area contributed by atoms with Gasteiger partial charge in [0.1, 0.15) is 0 Å². The molecule has 0 aliphatic carbocycles. The molecule has 6 nitrogen and oxygen atoms in total. The third kappa shape index (κ3) is 4.80. The highest BCUT2D eigenvalue weighted by atomic mass is 32.2. The van der Waals surface area contributed by atoms with Gasteiger partial charge < -0.3 is 10.1 Å². The highest BCUT2D eigenvalue weighted by Gasteiger charge is 2.08. The Bertz CT molecular complexity index is 496. The molecule has 0 atom stereocenters. The van der Waals surface area contributed by atoms with E-state index >= 15 is 0 Å². The number of rotatable bonds is 6. The van der Waals surface area contributed by atoms with Crippen LogP contribution in [0.2, 0.25) is 0 Å². The number of hydrogen-bond acceptors (Lipinski definition) is 5. The van der Waals surface area contributed by atoms with Crippen LogP contribution in [0.4, 0.5) is 5.69 Å². The average Bonchev–Trinajstić information content (AvgIpc) is 2.29. The number of nitrogens with one attached hydrogen (secondary N) is 1. The van der Waals surface area contributed by atoms with Gasteiger partial charge in [-0.15, -0.1) is 0 Å². The van der Waals surface area contributed by atoms with Crippen LogP contribution in [0.5, 0.6) is 0 Å². The molecular formula is C11H16N2O4S. The Hall–Kier alpha value is -1.47. The van der Waals surface area contributed by atoms with E-state index in [4.69, 9.17) is 4.74 Å². The summed E-state index contributed by atoms with van der Waals surface area (Å²) in [4.78, 5) is 15.2. The summed E-state index contributed by atoms with van der Waals surface area (Å²) in [5.41, 5.74) is 0.477. The SMILES string of the molecule is COCCCC(=O)Nc1ccc(S(C)(=O)=O)nc1. The molecule has 0 spiro atoms. The first-order chi connectivity index (χ1) is 8.43. The Morgan fingerprint density at radius 3 is 2.67 bits per heavy atom. The molecule has 0 fully saturated rings. The van der Waals surface area contributed by atoms with Crippen LogP contribution in [-0.2, 0) is 19.4 Å². The van der Waals surface area contributed by atoms with E-state index in [-0.39, 0.29) is 10.9 Å². The van der Waals surface area contributed by atoms with E-state index in [1.807, 2.05) is 0 Å². The lowest BCUT2D eigenvalue weighted by atomic mass is 10.3. The third-order valence-electron chi connectivity index (χ3n) is 2.15. The number of methoxy groups -OCH3 is 1. The molecule has 0 aliphatic rings. The first-order valence-corrected chi connectivity index (χ1v) is 7.27. The number of ether oxygens (including phenoxy) is 1. The van der Waals surface area contributed by atoms with Gasteiger partial charge in [0.15, 0.2) is 14.9 Å². The maximum atomic E-state index is 11.5. The lowest BCUT2D eigenvalue weighted by Crippen LogP contribution is -2.12. The number of sulfone groups is 1. The van der Waals surface area contributed by atoms with E-state index in [0.29, 0.717) is 25.1 Å². The zero-order chi connectivity index (χ0) is 13.6. The molecule has 0 radical (unpaired) electrons. The number of nitrogens with zero attached hydrogens (tertiary/aromatic N) is 1. The minimum Gasteiger partial charge on any atom is -0.385 e. The summed E-state index contributed by atoms with van der Waals surface area (Å²) in [6.07, 6.45) is 3.39. The van der Waals surface area contributed by atoms with Gasteiger partial charge in [-0.25, -0.2) is 13.4 Å². The van der Waals surface area contributed by atoms with Crippen molar-refractivity contribution in [3.05, 3.63) is 18.3 Å². The van der Waals surface area contributed by atoms with Gasteiger partial charge in [-0.2, -0.15) is 0 Å². The fourth-order valence-corrected chi connectivity index (χ4v) is 1.83. The van der Waals surface area contributed by atoms with Crippen LogP contribution in [0.25, 0.3) is 0 Å². The fraction of sp³-hybridized carbons (Fsp3) is 0.455. The Labute approximate surface area is 106 Å². The summed E-state index contributed by atoms with van der Waals surface area (Å²) in [5, 5.41) is 2.61. The molecule has 0 aromatic carbocycles. The zero-order valence-electron chi connectivity index (χ0n) is 10.3. The second kappa shape index (κ2) is 6.46. The summed E-state index contributed by atoms with van der Waals surface area (Å²) in [7, 11) is -1.73. The van der Waals surface area contributed by atoms with Crippen molar-refractivity contribution in [3.63, 3.8) is 0 Å². The molecule has 1 amide bonds. The second-order valence-electron chi connectivity index (χ2n) is 3.80. The van der Waals surface area contributed by atoms with Gasteiger partial charge in [-0.3, -0.25) is 4.79 Å². The number of carbonyl (C=O) groups is 1. The smallest absolute Gasteiger partial charge is 0.224 e. The topological polar surface area (TPSA) is 85.4 Å². The number of amides is 1. The monoisotopic (exact) mass is 272 g/mol. The highest BCUT2D eigenvalue weighted by Crippen LogP contribution is 2.10. The minimum absolute atomic E-state index is 0.0140. The van der Waals surface area contributed by atoms with Gasteiger partial charge in [0.2, 0.25) is 5.91 Å². The van der Waals surface area contributed by atoms with Crippen molar-refractivity contribution in [1.29, 1.82) is 0 Å². The highest BCUT2D eigenvalue weighted by molar-refractivity contribution is 7.90. The summed E-state index contributed by atoms with van der Waals surface area (Å²) in [6, 6.07) is 2.87. The molecule has 18 heavy (non-hydrogen) atoms. The molecule has 0 bridgehead atoms. The largest absolute Gasteiger partial charge is 0.385 e. The van der Waals surface area contributed by atoms with E-state index in [0.717, 1.165) is 6.26 Å². The minimum atomic E-state index is -3.31. The van der Waals surface area contributed by atoms with Crippen molar-refractivity contribution in [2.24, 2.45) is 0 Å². The molecule has 0 saturated heterocycles. The molecule has 0 aliphatic heterocycles. The van der Waals surface area contributed by atoms with Crippen molar-refractivity contribution in [1.82, 2.24) is 4.98 Å². The standard InChI is InChI=1S/C11H16N2O4S/c1-17-7-3-4-10(14)13-9-5-6-11(12-8-9)18(2,15)16/h5-6,8H,3-4,7H2,1-2H3,(H,13,14). The van der Waals surface area contributed by atoms with Crippen molar-refractivity contribution in [2.75, 3.05) is 25.3 Å². The maximum Gasteiger partial charge on any atom is 0.224 e. The van der Waals surface area contributed by atoms with Crippen molar-refractivity contribution < 1.29 is 17.9 Å². The number of carbonyl (C=O) groups excluding carboxylic acids is 1. The van der Waals surface area contributed by atoms with Gasteiger partial charge in [0.25, 0.3) is 0 Å². The van der Waals surface area contributed by atoms with Gasteiger partial charge in [0, 0.05) is 26.4 Å². The predicted molar refractivity (Wildman–Crippen MR) is 67.1 cm³/mol. The molecule has 1 N–H and O–H groups in total. The summed E-state index contributed by atoms with van der Waals surface area (Å²) >= 11 is 0. The summed E-state index contributed by atoms with van der Waals surface area (Å²) in [5.74, 6) is -0.152. The van der Waals surface area contributed by atoms with Crippen LogP contribution in [-0.4, -0.2) is 39.3 Å². The van der Waals surface area contributed by atoms with Crippen LogP contribution >= 0.6 is 0 Å². The van der Waals surface area contributed by atoms with Gasteiger partial charge in [-0.05, 0) is 18.6 Å². The van der Waals surface area contributed by atoms with E-state index < -0.39 is 9.84 Å². The van der Waals surface area contributed by atoms with E-state index in [2.05, 4.69) is 10.3 Å². The molecule has 1 aromatic heterocycles. The van der Waals surface area contributed by atoms with Gasteiger partial charge >= 0.3 is 0 Å². The summed E-state index contributed by atoms with van der Waals surface area (Å²) in [6.45, 7) is 0.526. The quantitative estimate of drug-likeness (QED) is 0.776. The molecule has 1 aromatic rings. The number of pyridine rings is 1. The van der Waals surface area contributed by atoms with Crippen molar-refractivity contribution >= 4 is 21.4 Å². The van der Waals surface area contributed by atoms with Crippen LogP contribution in [0.1, 0.15) is 12.8 Å². The fourth-order valence-electron chi connectivity index (χ4n) is 1.27. The number of hydrogen-bond donors (Lipinski definition) is 1. The van der Waals surface area contributed by atoms with Crippen molar-refractivity contribution in [3.8, 4) is 0 Å². The van der Waals surface area contributed by atoms with Gasteiger partial charge in [-0.1, -0.05) is 0 Å². The van der Waals surface area contributed by atoms with Crippen LogP contribution < -0.4 is 5.32 Å². The van der Waals surface area contributed by atoms with Crippen LogP contribution in [0.3, 0.4) is 0 Å². The average molecular weight is 272 g/mol. The van der Waals surface area contributed by atoms with E-state index in [1.54, 1.807) is 7.11 Å². The molecular weight excluding hydrogens is 256 g/mol. The molecule has 7 heteroatoms. The van der Waals surface area contributed by atoms with Crippen LogP contribution in [0.15, 0.2) is 23.4 Å².